The highest BCUT2D eigenvalue weighted by Gasteiger charge is 2.20. The van der Waals surface area contributed by atoms with Crippen molar-refractivity contribution in [2.45, 2.75) is 77.2 Å². The summed E-state index contributed by atoms with van der Waals surface area (Å²) in [5, 5.41) is 5.83. The van der Waals surface area contributed by atoms with Gasteiger partial charge in [-0.1, -0.05) is 59.1 Å². The maximum Gasteiger partial charge on any atom is 0.243 e. The summed E-state index contributed by atoms with van der Waals surface area (Å²) < 4.78 is 0. The molecular formula is C22H36N2O2S. The molecule has 0 saturated heterocycles. The molecule has 1 aromatic rings. The SMILES string of the molecule is CCCCC(CC)CNC(=O)C(CSc1ccc(C(C)C)cc1)NC(C)=O. The molecule has 152 valence electrons. The van der Waals surface area contributed by atoms with Gasteiger partial charge in [0, 0.05) is 24.1 Å². The Morgan fingerprint density at radius 1 is 1.11 bits per heavy atom. The molecule has 1 aromatic carbocycles. The number of hydrogen-bond donors (Lipinski definition) is 2. The smallest absolute Gasteiger partial charge is 0.243 e. The van der Waals surface area contributed by atoms with E-state index in [0.29, 0.717) is 24.1 Å². The van der Waals surface area contributed by atoms with Gasteiger partial charge in [0.05, 0.1) is 0 Å². The van der Waals surface area contributed by atoms with E-state index in [4.69, 9.17) is 0 Å². The predicted molar refractivity (Wildman–Crippen MR) is 115 cm³/mol. The Morgan fingerprint density at radius 3 is 2.30 bits per heavy atom. The van der Waals surface area contributed by atoms with E-state index < -0.39 is 6.04 Å². The Kier molecular flexibility index (Phi) is 11.2. The summed E-state index contributed by atoms with van der Waals surface area (Å²) in [6, 6.07) is 7.90. The quantitative estimate of drug-likeness (QED) is 0.505. The fourth-order valence-corrected chi connectivity index (χ4v) is 3.79. The standard InChI is InChI=1S/C22H36N2O2S/c1-6-8-9-18(7-2)14-23-22(26)21(24-17(5)25)15-27-20-12-10-19(11-13-20)16(3)4/h10-13,16,18,21H,6-9,14-15H2,1-5H3,(H,23,26)(H,24,25). The summed E-state index contributed by atoms with van der Waals surface area (Å²) in [6.07, 6.45) is 4.55. The highest BCUT2D eigenvalue weighted by atomic mass is 32.2. The van der Waals surface area contributed by atoms with Crippen LogP contribution in [0.15, 0.2) is 29.2 Å². The zero-order valence-electron chi connectivity index (χ0n) is 17.5. The van der Waals surface area contributed by atoms with Gasteiger partial charge < -0.3 is 10.6 Å². The first-order valence-electron chi connectivity index (χ1n) is 10.1. The third kappa shape index (κ3) is 9.32. The highest BCUT2D eigenvalue weighted by molar-refractivity contribution is 7.99. The second-order valence-corrected chi connectivity index (χ2v) is 8.54. The molecule has 0 bridgehead atoms. The second-order valence-electron chi connectivity index (χ2n) is 7.45. The monoisotopic (exact) mass is 392 g/mol. The van der Waals surface area contributed by atoms with E-state index in [0.717, 1.165) is 17.7 Å². The van der Waals surface area contributed by atoms with Crippen molar-refractivity contribution in [3.05, 3.63) is 29.8 Å². The third-order valence-electron chi connectivity index (χ3n) is 4.77. The molecule has 0 radical (unpaired) electrons. The van der Waals surface area contributed by atoms with Gasteiger partial charge in [-0.25, -0.2) is 0 Å². The molecule has 0 saturated carbocycles. The van der Waals surface area contributed by atoms with Crippen molar-refractivity contribution in [3.8, 4) is 0 Å². The van der Waals surface area contributed by atoms with E-state index in [-0.39, 0.29) is 11.8 Å². The van der Waals surface area contributed by atoms with E-state index in [9.17, 15) is 9.59 Å². The molecule has 2 amide bonds. The van der Waals surface area contributed by atoms with Crippen LogP contribution in [0.5, 0.6) is 0 Å². The number of amides is 2. The van der Waals surface area contributed by atoms with E-state index in [1.807, 2.05) is 0 Å². The van der Waals surface area contributed by atoms with Crippen LogP contribution in [-0.4, -0.2) is 30.2 Å². The molecule has 4 nitrogen and oxygen atoms in total. The number of carbonyl (C=O) groups is 2. The number of rotatable bonds is 12. The van der Waals surface area contributed by atoms with E-state index in [2.05, 4.69) is 62.6 Å². The van der Waals surface area contributed by atoms with Crippen molar-refractivity contribution in [2.75, 3.05) is 12.3 Å². The second kappa shape index (κ2) is 12.8. The van der Waals surface area contributed by atoms with Crippen molar-refractivity contribution in [1.29, 1.82) is 0 Å². The van der Waals surface area contributed by atoms with Gasteiger partial charge in [-0.3, -0.25) is 9.59 Å². The minimum absolute atomic E-state index is 0.0913. The van der Waals surface area contributed by atoms with Gasteiger partial charge in [-0.2, -0.15) is 0 Å². The first kappa shape index (κ1) is 23.5. The average Bonchev–Trinajstić information content (AvgIpc) is 2.65. The van der Waals surface area contributed by atoms with Crippen LogP contribution < -0.4 is 10.6 Å². The lowest BCUT2D eigenvalue weighted by molar-refractivity contribution is -0.127. The molecule has 5 heteroatoms. The van der Waals surface area contributed by atoms with E-state index >= 15 is 0 Å². The van der Waals surface area contributed by atoms with Crippen molar-refractivity contribution in [3.63, 3.8) is 0 Å². The van der Waals surface area contributed by atoms with Gasteiger partial charge >= 0.3 is 0 Å². The molecule has 0 spiro atoms. The highest BCUT2D eigenvalue weighted by Crippen LogP contribution is 2.22. The zero-order chi connectivity index (χ0) is 20.2. The summed E-state index contributed by atoms with van der Waals surface area (Å²) in [5.74, 6) is 1.26. The normalized spacial score (nSPS) is 13.3. The van der Waals surface area contributed by atoms with Gasteiger partial charge in [0.15, 0.2) is 0 Å². The van der Waals surface area contributed by atoms with Crippen LogP contribution in [-0.2, 0) is 9.59 Å². The average molecular weight is 393 g/mol. The van der Waals surface area contributed by atoms with E-state index in [1.165, 1.54) is 25.3 Å². The van der Waals surface area contributed by atoms with Crippen molar-refractivity contribution >= 4 is 23.6 Å². The molecule has 0 heterocycles. The third-order valence-corrected chi connectivity index (χ3v) is 5.87. The van der Waals surface area contributed by atoms with Gasteiger partial charge in [-0.15, -0.1) is 11.8 Å². The van der Waals surface area contributed by atoms with Crippen LogP contribution in [0.1, 0.15) is 71.8 Å². The molecule has 0 aromatic heterocycles. The Hall–Kier alpha value is -1.49. The van der Waals surface area contributed by atoms with Crippen molar-refractivity contribution in [2.24, 2.45) is 5.92 Å². The van der Waals surface area contributed by atoms with Crippen LogP contribution >= 0.6 is 11.8 Å². The number of unbranched alkanes of at least 4 members (excludes halogenated alkanes) is 1. The summed E-state index contributed by atoms with van der Waals surface area (Å²) >= 11 is 1.60. The fraction of sp³-hybridized carbons (Fsp3) is 0.636. The minimum Gasteiger partial charge on any atom is -0.354 e. The first-order chi connectivity index (χ1) is 12.9. The number of benzene rings is 1. The summed E-state index contributed by atoms with van der Waals surface area (Å²) in [5.41, 5.74) is 1.30. The lowest BCUT2D eigenvalue weighted by Gasteiger charge is -2.20. The van der Waals surface area contributed by atoms with Gasteiger partial charge in [0.25, 0.3) is 0 Å². The topological polar surface area (TPSA) is 58.2 Å². The molecule has 0 aliphatic carbocycles. The van der Waals surface area contributed by atoms with Crippen LogP contribution in [0.2, 0.25) is 0 Å². The van der Waals surface area contributed by atoms with Gasteiger partial charge in [0.1, 0.15) is 6.04 Å². The predicted octanol–water partition coefficient (Wildman–Crippen LogP) is 4.74. The van der Waals surface area contributed by atoms with Crippen LogP contribution in [0.4, 0.5) is 0 Å². The maximum absolute atomic E-state index is 12.6. The maximum atomic E-state index is 12.6. The summed E-state index contributed by atoms with van der Waals surface area (Å²) in [4.78, 5) is 25.2. The van der Waals surface area contributed by atoms with Crippen molar-refractivity contribution < 1.29 is 9.59 Å². The summed E-state index contributed by atoms with van der Waals surface area (Å²) in [6.45, 7) is 10.8. The molecule has 27 heavy (non-hydrogen) atoms. The van der Waals surface area contributed by atoms with Gasteiger partial charge in [0.2, 0.25) is 11.8 Å². The molecule has 2 atom stereocenters. The number of nitrogens with one attached hydrogen (secondary N) is 2. The number of hydrogen-bond acceptors (Lipinski definition) is 3. The number of thioether (sulfide) groups is 1. The van der Waals surface area contributed by atoms with Crippen molar-refractivity contribution in [1.82, 2.24) is 10.6 Å². The molecule has 0 aliphatic rings. The van der Waals surface area contributed by atoms with Crippen LogP contribution in [0.3, 0.4) is 0 Å². The zero-order valence-corrected chi connectivity index (χ0v) is 18.3. The Bertz CT molecular complexity index is 572. The van der Waals surface area contributed by atoms with E-state index in [1.54, 1.807) is 11.8 Å². The molecule has 2 unspecified atom stereocenters. The fourth-order valence-electron chi connectivity index (χ4n) is 2.87. The Morgan fingerprint density at radius 2 is 1.78 bits per heavy atom. The minimum atomic E-state index is -0.513. The Labute approximate surface area is 169 Å². The number of carbonyl (C=O) groups excluding carboxylic acids is 2. The largest absolute Gasteiger partial charge is 0.354 e. The van der Waals surface area contributed by atoms with Crippen LogP contribution in [0, 0.1) is 5.92 Å². The molecule has 0 fully saturated rings. The molecular weight excluding hydrogens is 356 g/mol. The lowest BCUT2D eigenvalue weighted by atomic mass is 9.99. The lowest BCUT2D eigenvalue weighted by Crippen LogP contribution is -2.48. The first-order valence-corrected chi connectivity index (χ1v) is 11.1. The van der Waals surface area contributed by atoms with Crippen LogP contribution in [0.25, 0.3) is 0 Å². The molecule has 2 N–H and O–H groups in total. The molecule has 1 rings (SSSR count). The Balaban J connectivity index is 2.60. The summed E-state index contributed by atoms with van der Waals surface area (Å²) in [7, 11) is 0. The molecule has 0 aliphatic heterocycles. The van der Waals surface area contributed by atoms with Gasteiger partial charge in [-0.05, 0) is 36.0 Å².